The fourth-order valence-electron chi connectivity index (χ4n) is 2.60. The van der Waals surface area contributed by atoms with Gasteiger partial charge in [-0.05, 0) is 19.2 Å². The van der Waals surface area contributed by atoms with Crippen LogP contribution in [0.3, 0.4) is 0 Å². The number of ether oxygens (including phenoxy) is 2. The van der Waals surface area contributed by atoms with E-state index in [1.807, 2.05) is 12.1 Å². The average Bonchev–Trinajstić information content (AvgIpc) is 2.61. The van der Waals surface area contributed by atoms with E-state index in [1.165, 1.54) is 12.1 Å². The Bertz CT molecular complexity index is 794. The van der Waals surface area contributed by atoms with Gasteiger partial charge in [-0.1, -0.05) is 24.3 Å². The predicted octanol–water partition coefficient (Wildman–Crippen LogP) is 2.68. The van der Waals surface area contributed by atoms with Crippen LogP contribution in [0.2, 0.25) is 0 Å². The number of hydrogen-bond donors (Lipinski definition) is 1. The summed E-state index contributed by atoms with van der Waals surface area (Å²) in [5.41, 5.74) is 0.903. The molecular formula is C18H21N3O5. The molecule has 0 aliphatic rings. The van der Waals surface area contributed by atoms with E-state index in [2.05, 4.69) is 5.32 Å². The molecule has 0 saturated carbocycles. The fraction of sp³-hybridized carbons (Fsp3) is 0.278. The lowest BCUT2D eigenvalue weighted by atomic mass is 10.1. The van der Waals surface area contributed by atoms with Crippen molar-refractivity contribution in [3.8, 4) is 11.5 Å². The standard InChI is InChI=1S/C18H21N3O5/c1-20(11-13-7-6-10-16(25-2)18(13)26-3)12-17(22)19-14-8-4-5-9-15(14)21(23)24/h4-10H,11-12H2,1-3H3,(H,19,22). The number of anilines is 1. The summed E-state index contributed by atoms with van der Waals surface area (Å²) in [5, 5.41) is 13.6. The van der Waals surface area contributed by atoms with Gasteiger partial charge in [0.25, 0.3) is 5.69 Å². The molecule has 138 valence electrons. The van der Waals surface area contributed by atoms with Crippen LogP contribution >= 0.6 is 0 Å². The van der Waals surface area contributed by atoms with Crippen molar-refractivity contribution in [2.45, 2.75) is 6.54 Å². The number of amides is 1. The van der Waals surface area contributed by atoms with Gasteiger partial charge in [0.05, 0.1) is 25.7 Å². The van der Waals surface area contributed by atoms with E-state index in [9.17, 15) is 14.9 Å². The second-order valence-corrected chi connectivity index (χ2v) is 5.65. The van der Waals surface area contributed by atoms with E-state index in [1.54, 1.807) is 44.4 Å². The van der Waals surface area contributed by atoms with Crippen molar-refractivity contribution in [2.75, 3.05) is 33.1 Å². The van der Waals surface area contributed by atoms with Crippen LogP contribution in [-0.4, -0.2) is 43.5 Å². The number of nitrogens with zero attached hydrogens (tertiary/aromatic N) is 2. The number of carbonyl (C=O) groups excluding carboxylic acids is 1. The number of nitro benzene ring substituents is 1. The first-order valence-corrected chi connectivity index (χ1v) is 7.88. The Morgan fingerprint density at radius 3 is 2.54 bits per heavy atom. The maximum Gasteiger partial charge on any atom is 0.292 e. The molecule has 0 spiro atoms. The SMILES string of the molecule is COc1cccc(CN(C)CC(=O)Nc2ccccc2[N+](=O)[O-])c1OC. The fourth-order valence-corrected chi connectivity index (χ4v) is 2.60. The quantitative estimate of drug-likeness (QED) is 0.575. The lowest BCUT2D eigenvalue weighted by Gasteiger charge is -2.19. The summed E-state index contributed by atoms with van der Waals surface area (Å²) in [6.45, 7) is 0.511. The van der Waals surface area contributed by atoms with Crippen molar-refractivity contribution < 1.29 is 19.2 Å². The highest BCUT2D eigenvalue weighted by Crippen LogP contribution is 2.31. The highest BCUT2D eigenvalue weighted by Gasteiger charge is 2.17. The molecule has 0 bridgehead atoms. The van der Waals surface area contributed by atoms with Gasteiger partial charge in [-0.3, -0.25) is 19.8 Å². The molecule has 1 amide bonds. The van der Waals surface area contributed by atoms with Crippen LogP contribution in [0.5, 0.6) is 11.5 Å². The topological polar surface area (TPSA) is 93.9 Å². The molecule has 1 N–H and O–H groups in total. The summed E-state index contributed by atoms with van der Waals surface area (Å²) < 4.78 is 10.7. The molecule has 2 rings (SSSR count). The average molecular weight is 359 g/mol. The van der Waals surface area contributed by atoms with Gasteiger partial charge in [-0.15, -0.1) is 0 Å². The van der Waals surface area contributed by atoms with E-state index in [4.69, 9.17) is 9.47 Å². The summed E-state index contributed by atoms with van der Waals surface area (Å²) in [7, 11) is 4.89. The molecule has 0 aromatic heterocycles. The number of rotatable bonds is 8. The molecule has 0 saturated heterocycles. The van der Waals surface area contributed by atoms with E-state index in [-0.39, 0.29) is 23.8 Å². The lowest BCUT2D eigenvalue weighted by molar-refractivity contribution is -0.383. The van der Waals surface area contributed by atoms with Gasteiger partial charge in [0.1, 0.15) is 5.69 Å². The Hall–Kier alpha value is -3.13. The first-order chi connectivity index (χ1) is 12.5. The molecular weight excluding hydrogens is 338 g/mol. The van der Waals surface area contributed by atoms with Gasteiger partial charge in [0, 0.05) is 18.2 Å². The Kier molecular flexibility index (Phi) is 6.51. The van der Waals surface area contributed by atoms with E-state index in [0.29, 0.717) is 18.0 Å². The lowest BCUT2D eigenvalue weighted by Crippen LogP contribution is -2.30. The van der Waals surface area contributed by atoms with Crippen molar-refractivity contribution in [2.24, 2.45) is 0 Å². The highest BCUT2D eigenvalue weighted by atomic mass is 16.6. The van der Waals surface area contributed by atoms with E-state index < -0.39 is 4.92 Å². The normalized spacial score (nSPS) is 10.5. The van der Waals surface area contributed by atoms with Crippen molar-refractivity contribution in [3.05, 3.63) is 58.1 Å². The minimum atomic E-state index is -0.527. The van der Waals surface area contributed by atoms with Crippen LogP contribution in [0.15, 0.2) is 42.5 Å². The zero-order valence-electron chi connectivity index (χ0n) is 14.9. The Morgan fingerprint density at radius 2 is 1.88 bits per heavy atom. The van der Waals surface area contributed by atoms with Gasteiger partial charge >= 0.3 is 0 Å². The maximum atomic E-state index is 12.2. The van der Waals surface area contributed by atoms with Crippen LogP contribution in [0.1, 0.15) is 5.56 Å². The zero-order valence-corrected chi connectivity index (χ0v) is 14.9. The Morgan fingerprint density at radius 1 is 1.15 bits per heavy atom. The number of methoxy groups -OCH3 is 2. The number of hydrogen-bond acceptors (Lipinski definition) is 6. The summed E-state index contributed by atoms with van der Waals surface area (Å²) in [4.78, 5) is 24.5. The number of nitrogens with one attached hydrogen (secondary N) is 1. The minimum Gasteiger partial charge on any atom is -0.493 e. The van der Waals surface area contributed by atoms with Crippen molar-refractivity contribution in [3.63, 3.8) is 0 Å². The summed E-state index contributed by atoms with van der Waals surface area (Å²) in [6, 6.07) is 11.6. The van der Waals surface area contributed by atoms with Crippen molar-refractivity contribution in [1.82, 2.24) is 4.90 Å². The second kappa shape index (κ2) is 8.82. The van der Waals surface area contributed by atoms with Gasteiger partial charge in [-0.2, -0.15) is 0 Å². The molecule has 8 heteroatoms. The minimum absolute atomic E-state index is 0.0619. The molecule has 2 aromatic rings. The number of likely N-dealkylation sites (N-methyl/N-ethyl adjacent to an activating group) is 1. The monoisotopic (exact) mass is 359 g/mol. The summed E-state index contributed by atoms with van der Waals surface area (Å²) in [5.74, 6) is 0.882. The zero-order chi connectivity index (χ0) is 19.1. The van der Waals surface area contributed by atoms with Crippen LogP contribution < -0.4 is 14.8 Å². The van der Waals surface area contributed by atoms with Gasteiger partial charge < -0.3 is 14.8 Å². The smallest absolute Gasteiger partial charge is 0.292 e. The molecule has 0 heterocycles. The number of nitro groups is 1. The Balaban J connectivity index is 2.04. The molecule has 0 radical (unpaired) electrons. The molecule has 0 fully saturated rings. The van der Waals surface area contributed by atoms with Crippen molar-refractivity contribution >= 4 is 17.3 Å². The molecule has 8 nitrogen and oxygen atoms in total. The van der Waals surface area contributed by atoms with Crippen LogP contribution in [0, 0.1) is 10.1 Å². The summed E-state index contributed by atoms with van der Waals surface area (Å²) >= 11 is 0. The van der Waals surface area contributed by atoms with Gasteiger partial charge in [0.15, 0.2) is 11.5 Å². The maximum absolute atomic E-state index is 12.2. The van der Waals surface area contributed by atoms with Gasteiger partial charge in [0.2, 0.25) is 5.91 Å². The summed E-state index contributed by atoms with van der Waals surface area (Å²) in [6.07, 6.45) is 0. The number of para-hydroxylation sites is 3. The third-order valence-electron chi connectivity index (χ3n) is 3.71. The largest absolute Gasteiger partial charge is 0.493 e. The van der Waals surface area contributed by atoms with E-state index >= 15 is 0 Å². The van der Waals surface area contributed by atoms with Crippen molar-refractivity contribution in [1.29, 1.82) is 0 Å². The second-order valence-electron chi connectivity index (χ2n) is 5.65. The molecule has 0 atom stereocenters. The van der Waals surface area contributed by atoms with Crippen LogP contribution in [0.25, 0.3) is 0 Å². The first-order valence-electron chi connectivity index (χ1n) is 7.88. The molecule has 26 heavy (non-hydrogen) atoms. The van der Waals surface area contributed by atoms with E-state index in [0.717, 1.165) is 5.56 Å². The third-order valence-corrected chi connectivity index (χ3v) is 3.71. The molecule has 0 unspecified atom stereocenters. The predicted molar refractivity (Wildman–Crippen MR) is 97.6 cm³/mol. The molecule has 0 aliphatic carbocycles. The van der Waals surface area contributed by atoms with Crippen LogP contribution in [-0.2, 0) is 11.3 Å². The Labute approximate surface area is 151 Å². The van der Waals surface area contributed by atoms with Crippen LogP contribution in [0.4, 0.5) is 11.4 Å². The molecule has 2 aromatic carbocycles. The van der Waals surface area contributed by atoms with Gasteiger partial charge in [-0.25, -0.2) is 0 Å². The highest BCUT2D eigenvalue weighted by molar-refractivity contribution is 5.94. The number of benzene rings is 2. The third kappa shape index (κ3) is 4.70. The number of carbonyl (C=O) groups is 1. The first kappa shape index (κ1) is 19.2. The molecule has 0 aliphatic heterocycles.